The van der Waals surface area contributed by atoms with Crippen molar-refractivity contribution < 1.29 is 0 Å². The van der Waals surface area contributed by atoms with Crippen LogP contribution in [-0.4, -0.2) is 18.1 Å². The highest BCUT2D eigenvalue weighted by molar-refractivity contribution is 7.80. The molecule has 0 aromatic carbocycles. The average Bonchev–Trinajstić information content (AvgIpc) is 1.82. The van der Waals surface area contributed by atoms with E-state index >= 15 is 0 Å². The van der Waals surface area contributed by atoms with E-state index in [4.69, 9.17) is 18.0 Å². The molecule has 0 aliphatic carbocycles. The maximum absolute atomic E-state index is 5.29. The second kappa shape index (κ2) is 5.62. The van der Waals surface area contributed by atoms with Crippen LogP contribution in [0.5, 0.6) is 0 Å². The largest absolute Gasteiger partial charge is 0.378 e. The van der Waals surface area contributed by atoms with Gasteiger partial charge in [0, 0.05) is 19.5 Å². The van der Waals surface area contributed by atoms with Crippen LogP contribution in [0.1, 0.15) is 20.3 Å². The van der Waals surface area contributed by atoms with Crippen molar-refractivity contribution in [3.63, 3.8) is 0 Å². The molecule has 0 atom stereocenters. The molecule has 0 aliphatic heterocycles. The zero-order valence-electron chi connectivity index (χ0n) is 6.68. The Kier molecular flexibility index (Phi) is 5.54. The Morgan fingerprint density at radius 2 is 2.20 bits per heavy atom. The van der Waals surface area contributed by atoms with Crippen molar-refractivity contribution >= 4 is 17.2 Å². The summed E-state index contributed by atoms with van der Waals surface area (Å²) in [5.74, 6) is 0.637. The van der Waals surface area contributed by atoms with E-state index in [0.29, 0.717) is 12.5 Å². The van der Waals surface area contributed by atoms with E-state index in [1.54, 1.807) is 0 Å². The summed E-state index contributed by atoms with van der Waals surface area (Å²) in [5, 5.41) is 3.07. The van der Waals surface area contributed by atoms with Crippen LogP contribution in [0.4, 0.5) is 0 Å². The lowest BCUT2D eigenvalue weighted by Gasteiger charge is -2.07. The first-order valence-electron chi connectivity index (χ1n) is 3.63. The van der Waals surface area contributed by atoms with Gasteiger partial charge in [-0.25, -0.2) is 0 Å². The normalized spacial score (nSPS) is 10.0. The van der Waals surface area contributed by atoms with Crippen LogP contribution in [0.2, 0.25) is 0 Å². The van der Waals surface area contributed by atoms with Crippen molar-refractivity contribution in [1.29, 1.82) is 0 Å². The summed E-state index contributed by atoms with van der Waals surface area (Å²) in [6.45, 7) is 5.75. The molecule has 3 heteroatoms. The van der Waals surface area contributed by atoms with Crippen LogP contribution < -0.4 is 11.1 Å². The Bertz CT molecular complexity index is 102. The predicted molar refractivity (Wildman–Crippen MR) is 49.1 cm³/mol. The van der Waals surface area contributed by atoms with E-state index in [2.05, 4.69) is 19.2 Å². The van der Waals surface area contributed by atoms with Crippen molar-refractivity contribution in [1.82, 2.24) is 5.32 Å². The van der Waals surface area contributed by atoms with Crippen LogP contribution in [0.3, 0.4) is 0 Å². The van der Waals surface area contributed by atoms with E-state index in [9.17, 15) is 0 Å². The van der Waals surface area contributed by atoms with Gasteiger partial charge in [0.1, 0.15) is 0 Å². The van der Waals surface area contributed by atoms with Crippen molar-refractivity contribution in [2.75, 3.05) is 13.1 Å². The fourth-order valence-corrected chi connectivity index (χ4v) is 1.09. The van der Waals surface area contributed by atoms with Crippen LogP contribution in [0, 0.1) is 5.92 Å². The maximum Gasteiger partial charge on any atom is 0.0756 e. The lowest BCUT2D eigenvalue weighted by atomic mass is 10.1. The molecule has 2 nitrogen and oxygen atoms in total. The minimum absolute atomic E-state index is 0.637. The molecule has 0 unspecified atom stereocenters. The van der Waals surface area contributed by atoms with E-state index in [1.165, 1.54) is 0 Å². The number of thiocarbonyl (C=S) groups is 1. The second-order valence-electron chi connectivity index (χ2n) is 2.74. The van der Waals surface area contributed by atoms with Crippen LogP contribution in [0.15, 0.2) is 0 Å². The summed E-state index contributed by atoms with van der Waals surface area (Å²) in [5.41, 5.74) is 5.29. The van der Waals surface area contributed by atoms with Gasteiger partial charge in [-0.15, -0.1) is 0 Å². The summed E-state index contributed by atoms with van der Waals surface area (Å²) in [6, 6.07) is 0. The standard InChI is InChI=1S/C7H16N2S/c1-6(2)5-7(10)9-4-3-8/h6H,3-5,8H2,1-2H3,(H,9,10). The molecule has 0 rings (SSSR count). The Morgan fingerprint density at radius 3 is 2.60 bits per heavy atom. The molecule has 60 valence electrons. The summed E-state index contributed by atoms with van der Waals surface area (Å²) >= 11 is 5.03. The SMILES string of the molecule is CC(C)CC(=S)NCCN. The molecule has 0 aliphatic rings. The smallest absolute Gasteiger partial charge is 0.0756 e. The molecule has 0 fully saturated rings. The number of hydrogen-bond acceptors (Lipinski definition) is 2. The third kappa shape index (κ3) is 5.98. The zero-order chi connectivity index (χ0) is 7.98. The topological polar surface area (TPSA) is 38.0 Å². The molecule has 0 radical (unpaired) electrons. The van der Waals surface area contributed by atoms with Crippen LogP contribution in [0.25, 0.3) is 0 Å². The van der Waals surface area contributed by atoms with Gasteiger partial charge in [-0.05, 0) is 5.92 Å². The summed E-state index contributed by atoms with van der Waals surface area (Å²) < 4.78 is 0. The Morgan fingerprint density at radius 1 is 1.60 bits per heavy atom. The van der Waals surface area contributed by atoms with Gasteiger partial charge in [-0.2, -0.15) is 0 Å². The van der Waals surface area contributed by atoms with Crippen LogP contribution in [-0.2, 0) is 0 Å². The molecule has 0 aromatic heterocycles. The lowest BCUT2D eigenvalue weighted by molar-refractivity contribution is 0.673. The fourth-order valence-electron chi connectivity index (χ4n) is 0.655. The monoisotopic (exact) mass is 160 g/mol. The highest BCUT2D eigenvalue weighted by Crippen LogP contribution is 1.98. The minimum Gasteiger partial charge on any atom is -0.378 e. The molecule has 0 saturated heterocycles. The lowest BCUT2D eigenvalue weighted by Crippen LogP contribution is -2.28. The zero-order valence-corrected chi connectivity index (χ0v) is 7.50. The highest BCUT2D eigenvalue weighted by Gasteiger charge is 1.97. The van der Waals surface area contributed by atoms with E-state index in [0.717, 1.165) is 18.0 Å². The van der Waals surface area contributed by atoms with Crippen molar-refractivity contribution in [3.05, 3.63) is 0 Å². The van der Waals surface area contributed by atoms with Gasteiger partial charge in [-0.1, -0.05) is 26.1 Å². The molecule has 0 aromatic rings. The molecular formula is C7H16N2S. The van der Waals surface area contributed by atoms with Gasteiger partial charge in [0.05, 0.1) is 4.99 Å². The molecule has 0 saturated carbocycles. The molecule has 0 spiro atoms. The molecule has 3 N–H and O–H groups in total. The van der Waals surface area contributed by atoms with Gasteiger partial charge >= 0.3 is 0 Å². The predicted octanol–water partition coefficient (Wildman–Crippen LogP) is 0.908. The summed E-state index contributed by atoms with van der Waals surface area (Å²) in [6.07, 6.45) is 0.968. The molecule has 0 heterocycles. The molecule has 0 amide bonds. The van der Waals surface area contributed by atoms with Gasteiger partial charge < -0.3 is 11.1 Å². The maximum atomic E-state index is 5.29. The Labute approximate surface area is 68.2 Å². The first kappa shape index (κ1) is 9.85. The number of hydrogen-bond donors (Lipinski definition) is 2. The van der Waals surface area contributed by atoms with E-state index < -0.39 is 0 Å². The summed E-state index contributed by atoms with van der Waals surface area (Å²) in [4.78, 5) is 0.931. The Balaban J connectivity index is 3.26. The minimum atomic E-state index is 0.637. The average molecular weight is 160 g/mol. The number of nitrogens with one attached hydrogen (secondary N) is 1. The number of nitrogens with two attached hydrogens (primary N) is 1. The van der Waals surface area contributed by atoms with Gasteiger partial charge in [0.25, 0.3) is 0 Å². The van der Waals surface area contributed by atoms with Crippen molar-refractivity contribution in [2.45, 2.75) is 20.3 Å². The van der Waals surface area contributed by atoms with Crippen molar-refractivity contribution in [2.24, 2.45) is 11.7 Å². The Hall–Kier alpha value is -0.150. The fraction of sp³-hybridized carbons (Fsp3) is 0.857. The second-order valence-corrected chi connectivity index (χ2v) is 3.23. The first-order valence-corrected chi connectivity index (χ1v) is 4.04. The van der Waals surface area contributed by atoms with Gasteiger partial charge in [-0.3, -0.25) is 0 Å². The third-order valence-electron chi connectivity index (χ3n) is 1.06. The quantitative estimate of drug-likeness (QED) is 0.600. The molecule has 0 bridgehead atoms. The van der Waals surface area contributed by atoms with Gasteiger partial charge in [0.2, 0.25) is 0 Å². The van der Waals surface area contributed by atoms with Crippen molar-refractivity contribution in [3.8, 4) is 0 Å². The van der Waals surface area contributed by atoms with Gasteiger partial charge in [0.15, 0.2) is 0 Å². The van der Waals surface area contributed by atoms with E-state index in [1.807, 2.05) is 0 Å². The third-order valence-corrected chi connectivity index (χ3v) is 1.37. The van der Waals surface area contributed by atoms with Crippen LogP contribution >= 0.6 is 12.2 Å². The molecule has 10 heavy (non-hydrogen) atoms. The van der Waals surface area contributed by atoms with E-state index in [-0.39, 0.29) is 0 Å². The molecular weight excluding hydrogens is 144 g/mol. The highest BCUT2D eigenvalue weighted by atomic mass is 32.1. The number of rotatable bonds is 4. The first-order chi connectivity index (χ1) is 4.66. The summed E-state index contributed by atoms with van der Waals surface area (Å²) in [7, 11) is 0.